The summed E-state index contributed by atoms with van der Waals surface area (Å²) in [6, 6.07) is 11.6. The molecule has 4 nitrogen and oxygen atoms in total. The minimum absolute atomic E-state index is 0.207. The Kier molecular flexibility index (Phi) is 4.21. The van der Waals surface area contributed by atoms with Crippen LogP contribution in [-0.4, -0.2) is 12.1 Å². The first kappa shape index (κ1) is 13.9. The van der Waals surface area contributed by atoms with E-state index in [9.17, 15) is 4.79 Å². The van der Waals surface area contributed by atoms with Crippen molar-refractivity contribution < 1.29 is 4.74 Å². The van der Waals surface area contributed by atoms with Gasteiger partial charge in [0.15, 0.2) is 0 Å². The quantitative estimate of drug-likeness (QED) is 0.925. The van der Waals surface area contributed by atoms with Crippen LogP contribution in [0.4, 0.5) is 0 Å². The van der Waals surface area contributed by atoms with Gasteiger partial charge in [-0.3, -0.25) is 4.79 Å². The first-order chi connectivity index (χ1) is 9.63. The molecule has 0 aliphatic heterocycles. The molecule has 0 amide bonds. The third-order valence-corrected chi connectivity index (χ3v) is 3.18. The van der Waals surface area contributed by atoms with Crippen molar-refractivity contribution in [2.75, 3.05) is 7.11 Å². The zero-order valence-electron chi connectivity index (χ0n) is 11.6. The van der Waals surface area contributed by atoms with Crippen molar-refractivity contribution >= 4 is 0 Å². The van der Waals surface area contributed by atoms with Gasteiger partial charge in [0.1, 0.15) is 17.4 Å². The topological polar surface area (TPSA) is 65.9 Å². The Morgan fingerprint density at radius 1 is 1.30 bits per heavy atom. The van der Waals surface area contributed by atoms with Gasteiger partial charge in [-0.05, 0) is 49.1 Å². The average Bonchev–Trinajstić information content (AvgIpc) is 2.45. The molecule has 0 saturated heterocycles. The Morgan fingerprint density at radius 2 is 2.10 bits per heavy atom. The number of nitrogens with zero attached hydrogens (tertiary/aromatic N) is 1. The zero-order valence-corrected chi connectivity index (χ0v) is 11.6. The highest BCUT2D eigenvalue weighted by Gasteiger charge is 2.08. The van der Waals surface area contributed by atoms with Gasteiger partial charge < -0.3 is 9.72 Å². The predicted octanol–water partition coefficient (Wildman–Crippen LogP) is 2.35. The molecule has 4 heteroatoms. The summed E-state index contributed by atoms with van der Waals surface area (Å²) in [7, 11) is 1.63. The number of nitrogens with one attached hydrogen (secondary N) is 1. The molecule has 0 bridgehead atoms. The van der Waals surface area contributed by atoms with E-state index in [1.807, 2.05) is 43.3 Å². The molecule has 102 valence electrons. The van der Waals surface area contributed by atoms with Crippen LogP contribution in [0.5, 0.6) is 5.75 Å². The Morgan fingerprint density at radius 3 is 2.80 bits per heavy atom. The SMILES string of the molecule is COc1cccc(CCc2cc(C)[nH]c(=O)c2C#N)c1. The lowest BCUT2D eigenvalue weighted by molar-refractivity contribution is 0.414. The van der Waals surface area contributed by atoms with Crippen LogP contribution in [0, 0.1) is 18.3 Å². The maximum atomic E-state index is 11.7. The van der Waals surface area contributed by atoms with Gasteiger partial charge in [0.2, 0.25) is 0 Å². The van der Waals surface area contributed by atoms with Crippen LogP contribution in [0.3, 0.4) is 0 Å². The number of hydrogen-bond donors (Lipinski definition) is 1. The molecule has 0 fully saturated rings. The second kappa shape index (κ2) is 6.07. The predicted molar refractivity (Wildman–Crippen MR) is 76.9 cm³/mol. The van der Waals surface area contributed by atoms with Gasteiger partial charge in [-0.2, -0.15) is 5.26 Å². The lowest BCUT2D eigenvalue weighted by atomic mass is 10.0. The van der Waals surface area contributed by atoms with Crippen LogP contribution < -0.4 is 10.3 Å². The van der Waals surface area contributed by atoms with E-state index in [0.717, 1.165) is 29.0 Å². The second-order valence-corrected chi connectivity index (χ2v) is 4.65. The number of aromatic amines is 1. The normalized spacial score (nSPS) is 10.1. The monoisotopic (exact) mass is 268 g/mol. The van der Waals surface area contributed by atoms with Gasteiger partial charge in [-0.1, -0.05) is 12.1 Å². The number of aromatic nitrogens is 1. The van der Waals surface area contributed by atoms with Gasteiger partial charge in [0.25, 0.3) is 5.56 Å². The largest absolute Gasteiger partial charge is 0.497 e. The fourth-order valence-electron chi connectivity index (χ4n) is 2.18. The standard InChI is InChI=1S/C16H16N2O2/c1-11-8-13(15(10-17)16(19)18-11)7-6-12-4-3-5-14(9-12)20-2/h3-5,8-9H,6-7H2,1-2H3,(H,18,19). The third kappa shape index (κ3) is 3.07. The van der Waals surface area contributed by atoms with Crippen molar-refractivity contribution in [1.82, 2.24) is 4.98 Å². The van der Waals surface area contributed by atoms with E-state index in [2.05, 4.69) is 4.98 Å². The van der Waals surface area contributed by atoms with Crippen molar-refractivity contribution in [1.29, 1.82) is 5.26 Å². The Balaban J connectivity index is 2.23. The first-order valence-electron chi connectivity index (χ1n) is 6.40. The molecule has 2 aromatic rings. The fraction of sp³-hybridized carbons (Fsp3) is 0.250. The maximum absolute atomic E-state index is 11.7. The van der Waals surface area contributed by atoms with Gasteiger partial charge >= 0.3 is 0 Å². The van der Waals surface area contributed by atoms with Crippen molar-refractivity contribution in [3.8, 4) is 11.8 Å². The highest BCUT2D eigenvalue weighted by Crippen LogP contribution is 2.15. The average molecular weight is 268 g/mol. The molecular formula is C16H16N2O2. The third-order valence-electron chi connectivity index (χ3n) is 3.18. The molecule has 1 heterocycles. The number of benzene rings is 1. The lowest BCUT2D eigenvalue weighted by Crippen LogP contribution is -2.14. The van der Waals surface area contributed by atoms with E-state index >= 15 is 0 Å². The van der Waals surface area contributed by atoms with E-state index in [-0.39, 0.29) is 11.1 Å². The van der Waals surface area contributed by atoms with Gasteiger partial charge in [0, 0.05) is 5.69 Å². The molecule has 2 rings (SSSR count). The molecule has 1 N–H and O–H groups in total. The van der Waals surface area contributed by atoms with Gasteiger partial charge in [-0.15, -0.1) is 0 Å². The first-order valence-corrected chi connectivity index (χ1v) is 6.40. The van der Waals surface area contributed by atoms with E-state index in [0.29, 0.717) is 6.42 Å². The summed E-state index contributed by atoms with van der Waals surface area (Å²) in [4.78, 5) is 14.4. The lowest BCUT2D eigenvalue weighted by Gasteiger charge is -2.07. The molecule has 1 aromatic carbocycles. The van der Waals surface area contributed by atoms with Crippen molar-refractivity contribution in [2.24, 2.45) is 0 Å². The van der Waals surface area contributed by atoms with Crippen LogP contribution in [-0.2, 0) is 12.8 Å². The van der Waals surface area contributed by atoms with Gasteiger partial charge in [0.05, 0.1) is 7.11 Å². The summed E-state index contributed by atoms with van der Waals surface area (Å²) in [6.45, 7) is 1.82. The number of aryl methyl sites for hydroxylation is 3. The Labute approximate surface area is 117 Å². The van der Waals surface area contributed by atoms with Crippen LogP contribution in [0.2, 0.25) is 0 Å². The summed E-state index contributed by atoms with van der Waals surface area (Å²) < 4.78 is 5.18. The number of ether oxygens (including phenoxy) is 1. The van der Waals surface area contributed by atoms with E-state index in [1.54, 1.807) is 7.11 Å². The van der Waals surface area contributed by atoms with Crippen LogP contribution >= 0.6 is 0 Å². The minimum Gasteiger partial charge on any atom is -0.497 e. The fourth-order valence-corrected chi connectivity index (χ4v) is 2.18. The summed E-state index contributed by atoms with van der Waals surface area (Å²) in [5.74, 6) is 0.810. The number of hydrogen-bond acceptors (Lipinski definition) is 3. The molecule has 0 aliphatic rings. The summed E-state index contributed by atoms with van der Waals surface area (Å²) in [6.07, 6.45) is 1.41. The molecule has 0 radical (unpaired) electrons. The molecule has 20 heavy (non-hydrogen) atoms. The molecule has 0 saturated carbocycles. The summed E-state index contributed by atoms with van der Waals surface area (Å²) in [5.41, 5.74) is 2.57. The van der Waals surface area contributed by atoms with Crippen molar-refractivity contribution in [2.45, 2.75) is 19.8 Å². The minimum atomic E-state index is -0.312. The number of nitriles is 1. The highest BCUT2D eigenvalue weighted by molar-refractivity contribution is 5.37. The molecule has 0 unspecified atom stereocenters. The number of pyridine rings is 1. The molecule has 1 aromatic heterocycles. The van der Waals surface area contributed by atoms with E-state index < -0.39 is 0 Å². The maximum Gasteiger partial charge on any atom is 0.266 e. The van der Waals surface area contributed by atoms with Crippen LogP contribution in [0.15, 0.2) is 35.1 Å². The number of H-pyrrole nitrogens is 1. The van der Waals surface area contributed by atoms with E-state index in [1.165, 1.54) is 0 Å². The summed E-state index contributed by atoms with van der Waals surface area (Å²) in [5, 5.41) is 9.08. The number of rotatable bonds is 4. The number of methoxy groups -OCH3 is 1. The van der Waals surface area contributed by atoms with Crippen molar-refractivity contribution in [3.63, 3.8) is 0 Å². The summed E-state index contributed by atoms with van der Waals surface area (Å²) >= 11 is 0. The zero-order chi connectivity index (χ0) is 14.5. The Hall–Kier alpha value is -2.54. The highest BCUT2D eigenvalue weighted by atomic mass is 16.5. The molecule has 0 spiro atoms. The van der Waals surface area contributed by atoms with E-state index in [4.69, 9.17) is 10.00 Å². The Bertz CT molecular complexity index is 711. The molecule has 0 atom stereocenters. The van der Waals surface area contributed by atoms with Crippen LogP contribution in [0.25, 0.3) is 0 Å². The second-order valence-electron chi connectivity index (χ2n) is 4.65. The van der Waals surface area contributed by atoms with Crippen LogP contribution in [0.1, 0.15) is 22.4 Å². The smallest absolute Gasteiger partial charge is 0.266 e. The van der Waals surface area contributed by atoms with Gasteiger partial charge in [-0.25, -0.2) is 0 Å². The van der Waals surface area contributed by atoms with Crippen molar-refractivity contribution in [3.05, 3.63) is 63.1 Å². The molecular weight excluding hydrogens is 252 g/mol. The molecule has 0 aliphatic carbocycles.